The number of hydrogen-bond acceptors (Lipinski definition) is 2. The number of thiophene rings is 1. The lowest BCUT2D eigenvalue weighted by molar-refractivity contribution is -0.137. The van der Waals surface area contributed by atoms with E-state index in [1.165, 1.54) is 22.6 Å². The van der Waals surface area contributed by atoms with Gasteiger partial charge in [0.25, 0.3) is 0 Å². The van der Waals surface area contributed by atoms with E-state index in [4.69, 9.17) is 0 Å². The minimum absolute atomic E-state index is 0.0568. The van der Waals surface area contributed by atoms with Gasteiger partial charge < -0.3 is 4.90 Å². The molecule has 1 aliphatic heterocycles. The Bertz CT molecular complexity index is 702. The summed E-state index contributed by atoms with van der Waals surface area (Å²) in [4.78, 5) is 16.4. The van der Waals surface area contributed by atoms with E-state index in [9.17, 15) is 9.18 Å². The Morgan fingerprint density at radius 1 is 1.13 bits per heavy atom. The first kappa shape index (κ1) is 14.9. The minimum Gasteiger partial charge on any atom is -0.331 e. The summed E-state index contributed by atoms with van der Waals surface area (Å²) in [5.41, 5.74) is 2.23. The number of amides is 1. The predicted octanol–water partition coefficient (Wildman–Crippen LogP) is 4.55. The summed E-state index contributed by atoms with van der Waals surface area (Å²) in [5, 5.41) is 2.10. The largest absolute Gasteiger partial charge is 0.331 e. The number of fused-ring (bicyclic) bond motifs is 1. The molecule has 1 aromatic heterocycles. The topological polar surface area (TPSA) is 20.3 Å². The van der Waals surface area contributed by atoms with Crippen molar-refractivity contribution < 1.29 is 9.18 Å². The third-order valence-electron chi connectivity index (χ3n) is 5.14. The molecule has 0 bridgehead atoms. The number of hydrogen-bond donors (Lipinski definition) is 0. The zero-order valence-electron chi connectivity index (χ0n) is 13.0. The molecular weight excluding hydrogens is 309 g/mol. The van der Waals surface area contributed by atoms with Crippen molar-refractivity contribution in [3.05, 3.63) is 57.5 Å². The molecule has 1 aliphatic carbocycles. The highest BCUT2D eigenvalue weighted by molar-refractivity contribution is 7.10. The number of benzene rings is 1. The van der Waals surface area contributed by atoms with Gasteiger partial charge in [0.05, 0.1) is 6.04 Å². The molecule has 0 radical (unpaired) electrons. The van der Waals surface area contributed by atoms with E-state index in [1.54, 1.807) is 11.3 Å². The van der Waals surface area contributed by atoms with Gasteiger partial charge in [-0.2, -0.15) is 0 Å². The molecule has 4 rings (SSSR count). The van der Waals surface area contributed by atoms with Crippen LogP contribution in [0.4, 0.5) is 4.39 Å². The molecule has 120 valence electrons. The molecule has 23 heavy (non-hydrogen) atoms. The summed E-state index contributed by atoms with van der Waals surface area (Å²) in [6.45, 7) is 0.769. The quantitative estimate of drug-likeness (QED) is 0.791. The SMILES string of the molecule is O=C(C1CCCC1)N1CCc2sccc2C1c1ccc(F)cc1. The van der Waals surface area contributed by atoms with Crippen LogP contribution >= 0.6 is 11.3 Å². The van der Waals surface area contributed by atoms with Crippen LogP contribution in [0.25, 0.3) is 0 Å². The molecule has 2 nitrogen and oxygen atoms in total. The fraction of sp³-hybridized carbons (Fsp3) is 0.421. The molecule has 1 unspecified atom stereocenters. The smallest absolute Gasteiger partial charge is 0.226 e. The predicted molar refractivity (Wildman–Crippen MR) is 89.9 cm³/mol. The van der Waals surface area contributed by atoms with E-state index in [0.29, 0.717) is 0 Å². The van der Waals surface area contributed by atoms with Gasteiger partial charge >= 0.3 is 0 Å². The van der Waals surface area contributed by atoms with Crippen molar-refractivity contribution in [1.82, 2.24) is 4.90 Å². The van der Waals surface area contributed by atoms with Crippen molar-refractivity contribution in [1.29, 1.82) is 0 Å². The molecule has 0 saturated heterocycles. The molecule has 2 aromatic rings. The Labute approximate surface area is 139 Å². The summed E-state index contributed by atoms with van der Waals surface area (Å²) in [6, 6.07) is 8.70. The molecule has 4 heteroatoms. The van der Waals surface area contributed by atoms with E-state index in [0.717, 1.165) is 44.2 Å². The molecule has 1 atom stereocenters. The van der Waals surface area contributed by atoms with Gasteiger partial charge in [0.1, 0.15) is 5.82 Å². The lowest BCUT2D eigenvalue weighted by atomic mass is 9.91. The van der Waals surface area contributed by atoms with Gasteiger partial charge in [-0.3, -0.25) is 4.79 Å². The van der Waals surface area contributed by atoms with Gasteiger partial charge in [-0.25, -0.2) is 4.39 Å². The van der Waals surface area contributed by atoms with Crippen LogP contribution < -0.4 is 0 Å². The standard InChI is InChI=1S/C19H20FNOS/c20-15-7-5-13(6-8-15)18-16-10-12-23-17(16)9-11-21(18)19(22)14-3-1-2-4-14/h5-8,10,12,14,18H,1-4,9,11H2. The highest BCUT2D eigenvalue weighted by Gasteiger charge is 2.36. The van der Waals surface area contributed by atoms with Crippen LogP contribution in [0.15, 0.2) is 35.7 Å². The number of rotatable bonds is 2. The Kier molecular flexibility index (Phi) is 3.93. The molecule has 1 saturated carbocycles. The highest BCUT2D eigenvalue weighted by Crippen LogP contribution is 2.40. The summed E-state index contributed by atoms with van der Waals surface area (Å²) < 4.78 is 13.3. The normalized spacial score (nSPS) is 21.4. The van der Waals surface area contributed by atoms with Gasteiger partial charge in [0.2, 0.25) is 5.91 Å². The van der Waals surface area contributed by atoms with Crippen LogP contribution in [0.3, 0.4) is 0 Å². The highest BCUT2D eigenvalue weighted by atomic mass is 32.1. The van der Waals surface area contributed by atoms with Crippen LogP contribution in [-0.4, -0.2) is 17.4 Å². The lowest BCUT2D eigenvalue weighted by Gasteiger charge is -2.38. The molecule has 0 spiro atoms. The first-order valence-corrected chi connectivity index (χ1v) is 9.24. The number of carbonyl (C=O) groups is 1. The number of carbonyl (C=O) groups excluding carboxylic acids is 1. The van der Waals surface area contributed by atoms with Crippen molar-refractivity contribution >= 4 is 17.2 Å². The van der Waals surface area contributed by atoms with Crippen LogP contribution in [0.1, 0.15) is 47.7 Å². The fourth-order valence-electron chi connectivity index (χ4n) is 3.97. The summed E-state index contributed by atoms with van der Waals surface area (Å²) >= 11 is 1.76. The first-order valence-electron chi connectivity index (χ1n) is 8.36. The summed E-state index contributed by atoms with van der Waals surface area (Å²) in [6.07, 6.45) is 5.29. The molecule has 1 aromatic carbocycles. The van der Waals surface area contributed by atoms with Gasteiger partial charge in [-0.05, 0) is 54.0 Å². The van der Waals surface area contributed by atoms with E-state index in [-0.39, 0.29) is 23.7 Å². The second-order valence-corrected chi connectivity index (χ2v) is 7.52. The summed E-state index contributed by atoms with van der Waals surface area (Å²) in [5.74, 6) is 0.232. The molecule has 1 fully saturated rings. The first-order chi connectivity index (χ1) is 11.2. The average Bonchev–Trinajstić information content (AvgIpc) is 3.25. The van der Waals surface area contributed by atoms with E-state index >= 15 is 0 Å². The van der Waals surface area contributed by atoms with Crippen LogP contribution in [-0.2, 0) is 11.2 Å². The van der Waals surface area contributed by atoms with Crippen molar-refractivity contribution in [3.63, 3.8) is 0 Å². The maximum absolute atomic E-state index is 13.3. The van der Waals surface area contributed by atoms with Gasteiger partial charge in [0, 0.05) is 17.3 Å². The average molecular weight is 329 g/mol. The van der Waals surface area contributed by atoms with Crippen molar-refractivity contribution in [2.45, 2.75) is 38.1 Å². The third-order valence-corrected chi connectivity index (χ3v) is 6.14. The fourth-order valence-corrected chi connectivity index (χ4v) is 4.87. The van der Waals surface area contributed by atoms with Gasteiger partial charge in [-0.1, -0.05) is 25.0 Å². The van der Waals surface area contributed by atoms with Crippen molar-refractivity contribution in [2.24, 2.45) is 5.92 Å². The minimum atomic E-state index is -0.233. The van der Waals surface area contributed by atoms with E-state index in [2.05, 4.69) is 11.4 Å². The van der Waals surface area contributed by atoms with Crippen LogP contribution in [0.2, 0.25) is 0 Å². The van der Waals surface area contributed by atoms with E-state index in [1.807, 2.05) is 17.0 Å². The Balaban J connectivity index is 1.72. The molecular formula is C19H20FNOS. The van der Waals surface area contributed by atoms with Crippen molar-refractivity contribution in [2.75, 3.05) is 6.54 Å². The molecule has 1 amide bonds. The molecule has 2 aliphatic rings. The number of halogens is 1. The molecule has 2 heterocycles. The second-order valence-electron chi connectivity index (χ2n) is 6.52. The lowest BCUT2D eigenvalue weighted by Crippen LogP contribution is -2.42. The second kappa shape index (κ2) is 6.08. The third kappa shape index (κ3) is 2.69. The summed E-state index contributed by atoms with van der Waals surface area (Å²) in [7, 11) is 0. The number of nitrogens with zero attached hydrogens (tertiary/aromatic N) is 1. The maximum Gasteiger partial charge on any atom is 0.226 e. The van der Waals surface area contributed by atoms with E-state index < -0.39 is 0 Å². The van der Waals surface area contributed by atoms with Crippen LogP contribution in [0, 0.1) is 11.7 Å². The Hall–Kier alpha value is -1.68. The Morgan fingerprint density at radius 2 is 1.87 bits per heavy atom. The monoisotopic (exact) mass is 329 g/mol. The Morgan fingerprint density at radius 3 is 2.61 bits per heavy atom. The van der Waals surface area contributed by atoms with Crippen molar-refractivity contribution in [3.8, 4) is 0 Å². The maximum atomic E-state index is 13.3. The van der Waals surface area contributed by atoms with Gasteiger partial charge in [0.15, 0.2) is 0 Å². The van der Waals surface area contributed by atoms with Gasteiger partial charge in [-0.15, -0.1) is 11.3 Å². The zero-order chi connectivity index (χ0) is 15.8. The zero-order valence-corrected chi connectivity index (χ0v) is 13.8. The molecule has 0 N–H and O–H groups in total. The van der Waals surface area contributed by atoms with Crippen LogP contribution in [0.5, 0.6) is 0 Å².